The van der Waals surface area contributed by atoms with Crippen LogP contribution in [0, 0.1) is 0 Å². The quantitative estimate of drug-likeness (QED) is 0.778. The standard InChI is InChI=1S/C17H20ClN7O/c1-4-6-7-12(5-2)25-9-11-8-19-16(21-15(11)22-17(25)26)20-13-10-24(3)23-14(13)18/h5-8,10H,4,9H2,1-3H3,(H2,19,20,21,22,26)/b7-6-,12-5+. The molecule has 2 amide bonds. The second-order valence-electron chi connectivity index (χ2n) is 5.74. The van der Waals surface area contributed by atoms with Crippen LogP contribution in [0.3, 0.4) is 0 Å². The number of carbonyl (C=O) groups excluding carboxylic acids is 1. The molecule has 0 atom stereocenters. The number of fused-ring (bicyclic) bond motifs is 1. The molecule has 26 heavy (non-hydrogen) atoms. The Hall–Kier alpha value is -2.87. The molecule has 0 radical (unpaired) electrons. The molecule has 0 saturated heterocycles. The zero-order valence-corrected chi connectivity index (χ0v) is 15.6. The second-order valence-corrected chi connectivity index (χ2v) is 6.10. The van der Waals surface area contributed by atoms with Gasteiger partial charge in [0.1, 0.15) is 5.82 Å². The third-order valence-corrected chi connectivity index (χ3v) is 4.10. The first kappa shape index (κ1) is 17.9. The van der Waals surface area contributed by atoms with Gasteiger partial charge in [-0.15, -0.1) is 0 Å². The van der Waals surface area contributed by atoms with Gasteiger partial charge in [-0.2, -0.15) is 10.1 Å². The summed E-state index contributed by atoms with van der Waals surface area (Å²) in [6, 6.07) is -0.226. The number of halogens is 1. The molecule has 1 aliphatic rings. The summed E-state index contributed by atoms with van der Waals surface area (Å²) in [4.78, 5) is 22.8. The van der Waals surface area contributed by atoms with Crippen LogP contribution in [-0.4, -0.2) is 30.7 Å². The average molecular weight is 374 g/mol. The molecule has 2 aromatic rings. The predicted molar refractivity (Wildman–Crippen MR) is 101 cm³/mol. The van der Waals surface area contributed by atoms with Gasteiger partial charge in [0.15, 0.2) is 5.15 Å². The van der Waals surface area contributed by atoms with Crippen LogP contribution in [0.5, 0.6) is 0 Å². The molecule has 136 valence electrons. The number of nitrogens with one attached hydrogen (secondary N) is 2. The molecule has 8 nitrogen and oxygen atoms in total. The number of allylic oxidation sites excluding steroid dienone is 3. The van der Waals surface area contributed by atoms with Gasteiger partial charge >= 0.3 is 6.03 Å². The van der Waals surface area contributed by atoms with E-state index in [2.05, 4.69) is 25.7 Å². The van der Waals surface area contributed by atoms with Crippen molar-refractivity contribution in [2.75, 3.05) is 10.6 Å². The third kappa shape index (κ3) is 3.70. The molecular weight excluding hydrogens is 354 g/mol. The van der Waals surface area contributed by atoms with E-state index in [1.165, 1.54) is 0 Å². The molecule has 0 unspecified atom stereocenters. The van der Waals surface area contributed by atoms with Crippen LogP contribution in [0.2, 0.25) is 5.15 Å². The smallest absolute Gasteiger partial charge is 0.320 e. The molecule has 3 rings (SSSR count). The van der Waals surface area contributed by atoms with E-state index in [1.54, 1.807) is 29.0 Å². The van der Waals surface area contributed by atoms with Crippen molar-refractivity contribution < 1.29 is 4.79 Å². The van der Waals surface area contributed by atoms with Gasteiger partial charge in [0.25, 0.3) is 0 Å². The highest BCUT2D eigenvalue weighted by molar-refractivity contribution is 6.32. The second kappa shape index (κ2) is 7.57. The Balaban J connectivity index is 1.82. The molecule has 2 aromatic heterocycles. The van der Waals surface area contributed by atoms with Crippen molar-refractivity contribution >= 4 is 35.1 Å². The largest absolute Gasteiger partial charge is 0.327 e. The Labute approximate surface area is 156 Å². The van der Waals surface area contributed by atoms with Crippen molar-refractivity contribution in [3.63, 3.8) is 0 Å². The molecular formula is C17H20ClN7O. The van der Waals surface area contributed by atoms with E-state index in [1.807, 2.05) is 32.1 Å². The van der Waals surface area contributed by atoms with Gasteiger partial charge in [0.2, 0.25) is 5.95 Å². The zero-order valence-electron chi connectivity index (χ0n) is 14.8. The fourth-order valence-corrected chi connectivity index (χ4v) is 2.77. The lowest BCUT2D eigenvalue weighted by molar-refractivity contribution is 0.222. The third-order valence-electron chi connectivity index (χ3n) is 3.83. The average Bonchev–Trinajstić information content (AvgIpc) is 2.93. The maximum atomic E-state index is 12.5. The molecule has 0 fully saturated rings. The molecule has 3 heterocycles. The topological polar surface area (TPSA) is 88.0 Å². The molecule has 0 aromatic carbocycles. The molecule has 0 saturated carbocycles. The minimum atomic E-state index is -0.226. The summed E-state index contributed by atoms with van der Waals surface area (Å²) in [6.45, 7) is 4.36. The Morgan fingerprint density at radius 3 is 2.96 bits per heavy atom. The van der Waals surface area contributed by atoms with Crippen LogP contribution in [0.4, 0.5) is 22.2 Å². The summed E-state index contributed by atoms with van der Waals surface area (Å²) in [6.07, 6.45) is 10.2. The SMILES string of the molecule is C/C=C(\C=C/CC)N1Cc2cnc(Nc3cn(C)nc3Cl)nc2NC1=O. The van der Waals surface area contributed by atoms with Crippen LogP contribution in [0.15, 0.2) is 36.3 Å². The van der Waals surface area contributed by atoms with E-state index in [0.717, 1.165) is 17.7 Å². The number of hydrogen-bond donors (Lipinski definition) is 2. The number of amides is 2. The summed E-state index contributed by atoms with van der Waals surface area (Å²) in [5.41, 5.74) is 2.26. The van der Waals surface area contributed by atoms with Gasteiger partial charge in [0, 0.05) is 30.7 Å². The number of rotatable bonds is 5. The summed E-state index contributed by atoms with van der Waals surface area (Å²) >= 11 is 6.03. The first-order valence-corrected chi connectivity index (χ1v) is 8.63. The Morgan fingerprint density at radius 2 is 2.31 bits per heavy atom. The first-order valence-electron chi connectivity index (χ1n) is 8.25. The van der Waals surface area contributed by atoms with E-state index in [-0.39, 0.29) is 6.03 Å². The van der Waals surface area contributed by atoms with Crippen LogP contribution in [-0.2, 0) is 13.6 Å². The van der Waals surface area contributed by atoms with E-state index in [4.69, 9.17) is 11.6 Å². The summed E-state index contributed by atoms with van der Waals surface area (Å²) in [5, 5.41) is 10.2. The fourth-order valence-electron chi connectivity index (χ4n) is 2.56. The molecule has 1 aliphatic heterocycles. The lowest BCUT2D eigenvalue weighted by atomic mass is 10.2. The fraction of sp³-hybridized carbons (Fsp3) is 0.294. The van der Waals surface area contributed by atoms with Crippen LogP contribution in [0.1, 0.15) is 25.8 Å². The van der Waals surface area contributed by atoms with Crippen molar-refractivity contribution in [3.8, 4) is 0 Å². The van der Waals surface area contributed by atoms with E-state index < -0.39 is 0 Å². The minimum absolute atomic E-state index is 0.226. The van der Waals surface area contributed by atoms with E-state index >= 15 is 0 Å². The number of aromatic nitrogens is 4. The van der Waals surface area contributed by atoms with Crippen molar-refractivity contribution in [2.24, 2.45) is 7.05 Å². The van der Waals surface area contributed by atoms with Crippen molar-refractivity contribution in [2.45, 2.75) is 26.8 Å². The van der Waals surface area contributed by atoms with Crippen molar-refractivity contribution in [1.29, 1.82) is 0 Å². The normalized spacial score (nSPS) is 14.5. The van der Waals surface area contributed by atoms with E-state index in [9.17, 15) is 4.79 Å². The van der Waals surface area contributed by atoms with Crippen LogP contribution >= 0.6 is 11.6 Å². The maximum Gasteiger partial charge on any atom is 0.327 e. The van der Waals surface area contributed by atoms with E-state index in [0.29, 0.717) is 29.2 Å². The Bertz CT molecular complexity index is 887. The Morgan fingerprint density at radius 1 is 1.50 bits per heavy atom. The first-order chi connectivity index (χ1) is 12.5. The highest BCUT2D eigenvalue weighted by Gasteiger charge is 2.26. The molecule has 9 heteroatoms. The molecule has 2 N–H and O–H groups in total. The number of aryl methyl sites for hydroxylation is 1. The highest BCUT2D eigenvalue weighted by atomic mass is 35.5. The van der Waals surface area contributed by atoms with Crippen molar-refractivity contribution in [1.82, 2.24) is 24.6 Å². The predicted octanol–water partition coefficient (Wildman–Crippen LogP) is 3.82. The van der Waals surface area contributed by atoms with Crippen LogP contribution in [0.25, 0.3) is 0 Å². The number of carbonyl (C=O) groups is 1. The van der Waals surface area contributed by atoms with Gasteiger partial charge in [0.05, 0.1) is 12.2 Å². The van der Waals surface area contributed by atoms with Crippen molar-refractivity contribution in [3.05, 3.63) is 47.0 Å². The van der Waals surface area contributed by atoms with Gasteiger partial charge in [-0.3, -0.25) is 14.9 Å². The summed E-state index contributed by atoms with van der Waals surface area (Å²) in [5.74, 6) is 0.822. The zero-order chi connectivity index (χ0) is 18.7. The lowest BCUT2D eigenvalue weighted by Gasteiger charge is -2.29. The number of nitrogens with zero attached hydrogens (tertiary/aromatic N) is 5. The van der Waals surface area contributed by atoms with Gasteiger partial charge < -0.3 is 5.32 Å². The van der Waals surface area contributed by atoms with Gasteiger partial charge in [-0.1, -0.05) is 30.7 Å². The molecule has 0 aliphatic carbocycles. The summed E-state index contributed by atoms with van der Waals surface area (Å²) in [7, 11) is 1.77. The number of anilines is 3. The van der Waals surface area contributed by atoms with Gasteiger partial charge in [-0.05, 0) is 19.4 Å². The number of urea groups is 1. The molecule has 0 spiro atoms. The van der Waals surface area contributed by atoms with Gasteiger partial charge in [-0.25, -0.2) is 9.78 Å². The molecule has 0 bridgehead atoms. The highest BCUT2D eigenvalue weighted by Crippen LogP contribution is 2.27. The van der Waals surface area contributed by atoms with Crippen LogP contribution < -0.4 is 10.6 Å². The Kier molecular flexibility index (Phi) is 5.22. The summed E-state index contributed by atoms with van der Waals surface area (Å²) < 4.78 is 1.59. The number of hydrogen-bond acceptors (Lipinski definition) is 5. The minimum Gasteiger partial charge on any atom is -0.320 e. The monoisotopic (exact) mass is 373 g/mol. The lowest BCUT2D eigenvalue weighted by Crippen LogP contribution is -2.38. The maximum absolute atomic E-state index is 12.5.